The molecule has 0 amide bonds. The molecule has 0 atom stereocenters. The van der Waals surface area contributed by atoms with E-state index in [9.17, 15) is 19.8 Å². The number of aromatic carboxylic acids is 2. The van der Waals surface area contributed by atoms with Crippen molar-refractivity contribution in [2.45, 2.75) is 6.92 Å². The lowest BCUT2D eigenvalue weighted by Gasteiger charge is -2.08. The highest BCUT2D eigenvalue weighted by molar-refractivity contribution is 6.12. The number of hydrogen-bond acceptors (Lipinski definition) is 4. The molecular formula is C19H18O6. The molecule has 6 nitrogen and oxygen atoms in total. The molecule has 0 saturated heterocycles. The first-order chi connectivity index (χ1) is 12.1. The summed E-state index contributed by atoms with van der Waals surface area (Å²) in [6, 6.07) is 7.48. The molecule has 0 radical (unpaired) electrons. The van der Waals surface area contributed by atoms with Gasteiger partial charge in [-0.05, 0) is 30.5 Å². The third-order valence-electron chi connectivity index (χ3n) is 3.47. The second-order valence-corrected chi connectivity index (χ2v) is 5.05. The number of hydrogen-bond donors (Lipinski definition) is 2. The van der Waals surface area contributed by atoms with E-state index < -0.39 is 11.9 Å². The normalized spacial score (nSPS) is 10.3. The molecular weight excluding hydrogens is 324 g/mol. The predicted molar refractivity (Wildman–Crippen MR) is 92.1 cm³/mol. The predicted octanol–water partition coefficient (Wildman–Crippen LogP) is 2.64. The molecule has 2 aromatic rings. The van der Waals surface area contributed by atoms with Gasteiger partial charge in [-0.25, -0.2) is 9.59 Å². The van der Waals surface area contributed by atoms with E-state index in [2.05, 4.69) is 11.8 Å². The number of carbonyl (C=O) groups is 2. The van der Waals surface area contributed by atoms with Crippen molar-refractivity contribution in [3.8, 4) is 11.8 Å². The molecule has 2 rings (SSSR count). The van der Waals surface area contributed by atoms with Gasteiger partial charge in [-0.3, -0.25) is 0 Å². The van der Waals surface area contributed by atoms with Crippen LogP contribution in [0.4, 0.5) is 0 Å². The molecule has 0 fully saturated rings. The van der Waals surface area contributed by atoms with E-state index in [0.717, 1.165) is 0 Å². The molecule has 0 spiro atoms. The molecule has 0 unspecified atom stereocenters. The number of carboxylic acids is 2. The summed E-state index contributed by atoms with van der Waals surface area (Å²) in [4.78, 5) is 22.9. The molecule has 0 aliphatic rings. The Bertz CT molecular complexity index is 844. The number of fused-ring (bicyclic) bond motifs is 1. The van der Waals surface area contributed by atoms with Gasteiger partial charge in [0.15, 0.2) is 0 Å². The lowest BCUT2D eigenvalue weighted by Crippen LogP contribution is -2.04. The summed E-state index contributed by atoms with van der Waals surface area (Å²) in [6.07, 6.45) is 0. The Hall–Kier alpha value is -2.88. The van der Waals surface area contributed by atoms with Gasteiger partial charge in [-0.1, -0.05) is 24.0 Å². The van der Waals surface area contributed by atoms with Crippen LogP contribution in [0.1, 0.15) is 33.2 Å². The fourth-order valence-corrected chi connectivity index (χ4v) is 2.39. The SMILES string of the molecule is CCOCCOCC#Cc1ccc(C(=O)O)c2cccc(C(=O)O)c12. The number of ether oxygens (including phenoxy) is 2. The Kier molecular flexibility index (Phi) is 6.52. The van der Waals surface area contributed by atoms with Crippen LogP contribution in [0.2, 0.25) is 0 Å². The van der Waals surface area contributed by atoms with E-state index in [1.54, 1.807) is 6.07 Å². The number of rotatable bonds is 7. The van der Waals surface area contributed by atoms with Crippen molar-refractivity contribution >= 4 is 22.7 Å². The highest BCUT2D eigenvalue weighted by atomic mass is 16.5. The standard InChI is InChI=1S/C19H18O6/c1-2-24-11-12-25-10-4-5-13-8-9-15(18(20)21)14-6-3-7-16(17(13)14)19(22)23/h3,6-9H,2,10-12H2,1H3,(H,20,21)(H,22,23). The third kappa shape index (κ3) is 4.57. The quantitative estimate of drug-likeness (QED) is 0.593. The average molecular weight is 342 g/mol. The Labute approximate surface area is 145 Å². The summed E-state index contributed by atoms with van der Waals surface area (Å²) >= 11 is 0. The molecule has 0 bridgehead atoms. The summed E-state index contributed by atoms with van der Waals surface area (Å²) in [5.74, 6) is 3.43. The largest absolute Gasteiger partial charge is 0.478 e. The van der Waals surface area contributed by atoms with Crippen molar-refractivity contribution < 1.29 is 29.3 Å². The highest BCUT2D eigenvalue weighted by Crippen LogP contribution is 2.26. The topological polar surface area (TPSA) is 93.1 Å². The van der Waals surface area contributed by atoms with Crippen LogP contribution in [0, 0.1) is 11.8 Å². The zero-order chi connectivity index (χ0) is 18.2. The highest BCUT2D eigenvalue weighted by Gasteiger charge is 2.16. The van der Waals surface area contributed by atoms with Crippen LogP contribution < -0.4 is 0 Å². The van der Waals surface area contributed by atoms with Crippen LogP contribution in [-0.2, 0) is 9.47 Å². The Morgan fingerprint density at radius 1 is 1.00 bits per heavy atom. The van der Waals surface area contributed by atoms with E-state index in [-0.39, 0.29) is 17.7 Å². The van der Waals surface area contributed by atoms with Crippen LogP contribution >= 0.6 is 0 Å². The van der Waals surface area contributed by atoms with Crippen LogP contribution in [0.25, 0.3) is 10.8 Å². The fourth-order valence-electron chi connectivity index (χ4n) is 2.39. The first-order valence-electron chi connectivity index (χ1n) is 7.73. The second-order valence-electron chi connectivity index (χ2n) is 5.05. The third-order valence-corrected chi connectivity index (χ3v) is 3.47. The molecule has 130 valence electrons. The maximum absolute atomic E-state index is 11.5. The van der Waals surface area contributed by atoms with Gasteiger partial charge in [0.05, 0.1) is 24.3 Å². The molecule has 0 aromatic heterocycles. The second kappa shape index (κ2) is 8.83. The van der Waals surface area contributed by atoms with Crippen molar-refractivity contribution in [3.63, 3.8) is 0 Å². The first kappa shape index (κ1) is 18.5. The van der Waals surface area contributed by atoms with Crippen LogP contribution in [0.15, 0.2) is 30.3 Å². The van der Waals surface area contributed by atoms with Gasteiger partial charge < -0.3 is 19.7 Å². The fraction of sp³-hybridized carbons (Fsp3) is 0.263. The Morgan fingerprint density at radius 2 is 1.72 bits per heavy atom. The lowest BCUT2D eigenvalue weighted by atomic mass is 9.95. The number of carboxylic acid groups (broad SMARTS) is 2. The minimum Gasteiger partial charge on any atom is -0.478 e. The van der Waals surface area contributed by atoms with Gasteiger partial charge in [-0.15, -0.1) is 0 Å². The molecule has 0 aliphatic carbocycles. The lowest BCUT2D eigenvalue weighted by molar-refractivity contribution is 0.0662. The zero-order valence-corrected chi connectivity index (χ0v) is 13.7. The molecule has 6 heteroatoms. The minimum atomic E-state index is -1.14. The van der Waals surface area contributed by atoms with E-state index >= 15 is 0 Å². The zero-order valence-electron chi connectivity index (χ0n) is 13.7. The molecule has 2 N–H and O–H groups in total. The van der Waals surface area contributed by atoms with Gasteiger partial charge in [0.2, 0.25) is 0 Å². The van der Waals surface area contributed by atoms with Crippen molar-refractivity contribution in [3.05, 3.63) is 47.0 Å². The van der Waals surface area contributed by atoms with Gasteiger partial charge in [0.25, 0.3) is 0 Å². The maximum Gasteiger partial charge on any atom is 0.336 e. The van der Waals surface area contributed by atoms with E-state index in [4.69, 9.17) is 9.47 Å². The molecule has 0 saturated carbocycles. The van der Waals surface area contributed by atoms with Crippen molar-refractivity contribution in [1.29, 1.82) is 0 Å². The Morgan fingerprint density at radius 3 is 2.40 bits per heavy atom. The van der Waals surface area contributed by atoms with Crippen molar-refractivity contribution in [2.24, 2.45) is 0 Å². The Balaban J connectivity index is 2.36. The van der Waals surface area contributed by atoms with Crippen LogP contribution in [0.5, 0.6) is 0 Å². The number of benzene rings is 2. The molecule has 0 heterocycles. The monoisotopic (exact) mass is 342 g/mol. The maximum atomic E-state index is 11.5. The smallest absolute Gasteiger partial charge is 0.336 e. The first-order valence-corrected chi connectivity index (χ1v) is 7.73. The minimum absolute atomic E-state index is 0.0159. The van der Waals surface area contributed by atoms with Crippen molar-refractivity contribution in [2.75, 3.05) is 26.4 Å². The van der Waals surface area contributed by atoms with Gasteiger partial charge in [0.1, 0.15) is 6.61 Å². The summed E-state index contributed by atoms with van der Waals surface area (Å²) in [6.45, 7) is 3.59. The van der Waals surface area contributed by atoms with E-state index in [0.29, 0.717) is 36.2 Å². The summed E-state index contributed by atoms with van der Waals surface area (Å²) < 4.78 is 10.4. The van der Waals surface area contributed by atoms with Gasteiger partial charge >= 0.3 is 11.9 Å². The van der Waals surface area contributed by atoms with Crippen molar-refractivity contribution in [1.82, 2.24) is 0 Å². The van der Waals surface area contributed by atoms with Crippen LogP contribution in [0.3, 0.4) is 0 Å². The van der Waals surface area contributed by atoms with Crippen LogP contribution in [-0.4, -0.2) is 48.6 Å². The van der Waals surface area contributed by atoms with E-state index in [1.807, 2.05) is 6.92 Å². The van der Waals surface area contributed by atoms with E-state index in [1.165, 1.54) is 24.3 Å². The molecule has 25 heavy (non-hydrogen) atoms. The summed E-state index contributed by atoms with van der Waals surface area (Å²) in [7, 11) is 0. The molecule has 2 aromatic carbocycles. The average Bonchev–Trinajstić information content (AvgIpc) is 2.59. The summed E-state index contributed by atoms with van der Waals surface area (Å²) in [5, 5.41) is 19.4. The summed E-state index contributed by atoms with van der Waals surface area (Å²) in [5.41, 5.74) is 0.505. The van der Waals surface area contributed by atoms with Gasteiger partial charge in [0, 0.05) is 17.6 Å². The molecule has 0 aliphatic heterocycles. The van der Waals surface area contributed by atoms with Gasteiger partial charge in [-0.2, -0.15) is 0 Å².